The van der Waals surface area contributed by atoms with Crippen LogP contribution in [0.4, 0.5) is 0 Å². The Labute approximate surface area is 318 Å². The standard InChI is InChI=1S/C37H49ClN8O6S/c1-5-22(4)30(34(50)44-28(36(51)52)19-23-10-7-6-8-11-23)46-32(48)27(18-21(2)3)43-31(47)26(12-9-17-41-37(39)40)42-33(49)29-20-53-35(45-29)24-13-15-25(38)16-14-24/h6-8,10-11,13-16,20-22,26-28,30H,5,9,12,17-19H2,1-4H3,(H,42,49)(H,43,47)(H,44,50)(H,46,48)(H,51,52)(H4,39,40,41)/t22-,26-,27-,28-,30-/m0/s1. The molecule has 9 N–H and O–H groups in total. The van der Waals surface area contributed by atoms with E-state index in [0.717, 1.165) is 11.1 Å². The number of rotatable bonds is 20. The molecule has 0 spiro atoms. The molecule has 0 unspecified atom stereocenters. The van der Waals surface area contributed by atoms with Gasteiger partial charge in [-0.25, -0.2) is 9.78 Å². The van der Waals surface area contributed by atoms with E-state index in [4.69, 9.17) is 23.1 Å². The van der Waals surface area contributed by atoms with E-state index in [1.54, 1.807) is 66.9 Å². The highest BCUT2D eigenvalue weighted by atomic mass is 35.5. The molecule has 5 atom stereocenters. The van der Waals surface area contributed by atoms with Gasteiger partial charge in [0.1, 0.15) is 34.9 Å². The maximum absolute atomic E-state index is 13.8. The Morgan fingerprint density at radius 1 is 0.868 bits per heavy atom. The average Bonchev–Trinajstić information content (AvgIpc) is 3.62. The fourth-order valence-corrected chi connectivity index (χ4v) is 6.28. The summed E-state index contributed by atoms with van der Waals surface area (Å²) in [6.45, 7) is 7.57. The SMILES string of the molecule is CC[C@H](C)[C@H](NC(=O)[C@H](CC(C)C)NC(=O)[C@H](CCCN=C(N)N)NC(=O)c1csc(-c2ccc(Cl)cc2)n1)C(=O)N[C@@H](Cc1ccccc1)C(=O)O. The molecule has 0 saturated carbocycles. The second-order valence-electron chi connectivity index (χ2n) is 13.2. The number of aromatic nitrogens is 1. The first kappa shape index (κ1) is 42.4. The minimum Gasteiger partial charge on any atom is -0.480 e. The lowest BCUT2D eigenvalue weighted by atomic mass is 9.96. The first-order valence-electron chi connectivity index (χ1n) is 17.4. The molecule has 1 heterocycles. The van der Waals surface area contributed by atoms with Crippen molar-refractivity contribution in [2.24, 2.45) is 28.3 Å². The van der Waals surface area contributed by atoms with Crippen molar-refractivity contribution in [3.8, 4) is 10.6 Å². The van der Waals surface area contributed by atoms with Gasteiger partial charge in [0.15, 0.2) is 5.96 Å². The minimum absolute atomic E-state index is 0.0503. The number of nitrogens with one attached hydrogen (secondary N) is 4. The zero-order valence-corrected chi connectivity index (χ0v) is 31.9. The van der Waals surface area contributed by atoms with E-state index >= 15 is 0 Å². The number of nitrogens with zero attached hydrogens (tertiary/aromatic N) is 2. The lowest BCUT2D eigenvalue weighted by Gasteiger charge is -2.29. The Kier molecular flexibility index (Phi) is 16.7. The number of aliphatic carboxylic acids is 1. The number of amides is 4. The topological polar surface area (TPSA) is 231 Å². The van der Waals surface area contributed by atoms with E-state index in [9.17, 15) is 29.1 Å². The summed E-state index contributed by atoms with van der Waals surface area (Å²) in [6, 6.07) is 11.4. The Balaban J connectivity index is 1.79. The van der Waals surface area contributed by atoms with Crippen molar-refractivity contribution in [1.29, 1.82) is 0 Å². The average molecular weight is 769 g/mol. The third-order valence-electron chi connectivity index (χ3n) is 8.43. The summed E-state index contributed by atoms with van der Waals surface area (Å²) in [4.78, 5) is 75.1. The molecule has 0 bridgehead atoms. The van der Waals surface area contributed by atoms with Crippen LogP contribution in [-0.2, 0) is 25.6 Å². The third-order valence-corrected chi connectivity index (χ3v) is 9.57. The van der Waals surface area contributed by atoms with Gasteiger partial charge >= 0.3 is 5.97 Å². The largest absolute Gasteiger partial charge is 0.480 e. The van der Waals surface area contributed by atoms with Crippen LogP contribution in [0.2, 0.25) is 5.02 Å². The molecule has 16 heteroatoms. The predicted octanol–water partition coefficient (Wildman–Crippen LogP) is 3.49. The van der Waals surface area contributed by atoms with Gasteiger partial charge < -0.3 is 37.8 Å². The van der Waals surface area contributed by atoms with E-state index in [1.807, 2.05) is 20.8 Å². The molecule has 0 aliphatic rings. The van der Waals surface area contributed by atoms with Gasteiger partial charge in [0.05, 0.1) is 0 Å². The van der Waals surface area contributed by atoms with Crippen LogP contribution in [0.1, 0.15) is 69.4 Å². The predicted molar refractivity (Wildman–Crippen MR) is 206 cm³/mol. The van der Waals surface area contributed by atoms with Crippen molar-refractivity contribution in [3.05, 3.63) is 76.3 Å². The first-order chi connectivity index (χ1) is 25.2. The van der Waals surface area contributed by atoms with Gasteiger partial charge in [-0.15, -0.1) is 11.3 Å². The van der Waals surface area contributed by atoms with Gasteiger partial charge in [0.2, 0.25) is 17.7 Å². The monoisotopic (exact) mass is 768 g/mol. The van der Waals surface area contributed by atoms with E-state index in [2.05, 4.69) is 31.2 Å². The highest BCUT2D eigenvalue weighted by Crippen LogP contribution is 2.25. The van der Waals surface area contributed by atoms with Crippen molar-refractivity contribution in [3.63, 3.8) is 0 Å². The molecule has 3 aromatic rings. The lowest BCUT2D eigenvalue weighted by molar-refractivity contribution is -0.142. The number of carboxylic acid groups (broad SMARTS) is 1. The molecule has 0 aliphatic carbocycles. The zero-order chi connectivity index (χ0) is 39.1. The smallest absolute Gasteiger partial charge is 0.326 e. The number of nitrogens with two attached hydrogens (primary N) is 2. The van der Waals surface area contributed by atoms with Gasteiger partial charge in [0, 0.05) is 28.9 Å². The Bertz CT molecular complexity index is 1720. The Morgan fingerprint density at radius 3 is 2.11 bits per heavy atom. The minimum atomic E-state index is -1.23. The summed E-state index contributed by atoms with van der Waals surface area (Å²) in [5, 5.41) is 23.5. The number of benzene rings is 2. The summed E-state index contributed by atoms with van der Waals surface area (Å²) in [6.07, 6.45) is 1.22. The molecule has 3 rings (SSSR count). The van der Waals surface area contributed by atoms with E-state index in [0.29, 0.717) is 22.9 Å². The van der Waals surface area contributed by atoms with Crippen LogP contribution < -0.4 is 32.7 Å². The van der Waals surface area contributed by atoms with Crippen molar-refractivity contribution in [2.45, 2.75) is 84.0 Å². The highest BCUT2D eigenvalue weighted by molar-refractivity contribution is 7.13. The number of carboxylic acids is 1. The molecule has 286 valence electrons. The number of guanidine groups is 1. The van der Waals surface area contributed by atoms with Gasteiger partial charge in [-0.2, -0.15) is 0 Å². The number of carbonyl (C=O) groups excluding carboxylic acids is 4. The van der Waals surface area contributed by atoms with Crippen LogP contribution in [0.5, 0.6) is 0 Å². The lowest BCUT2D eigenvalue weighted by Crippen LogP contribution is -2.59. The molecule has 53 heavy (non-hydrogen) atoms. The summed E-state index contributed by atoms with van der Waals surface area (Å²) in [5.74, 6) is -4.26. The quantitative estimate of drug-likeness (QED) is 0.0506. The van der Waals surface area contributed by atoms with Crippen LogP contribution in [0.3, 0.4) is 0 Å². The molecular weight excluding hydrogens is 720 g/mol. The number of hydrogen-bond acceptors (Lipinski definition) is 8. The number of thiazole rings is 1. The number of hydrogen-bond donors (Lipinski definition) is 7. The van der Waals surface area contributed by atoms with Crippen LogP contribution in [0, 0.1) is 11.8 Å². The van der Waals surface area contributed by atoms with E-state index < -0.39 is 53.8 Å². The van der Waals surface area contributed by atoms with Crippen LogP contribution in [0.15, 0.2) is 65.0 Å². The maximum atomic E-state index is 13.8. The number of halogens is 1. The van der Waals surface area contributed by atoms with Crippen molar-refractivity contribution < 1.29 is 29.1 Å². The molecule has 4 amide bonds. The van der Waals surface area contributed by atoms with Crippen molar-refractivity contribution >= 4 is 58.5 Å². The van der Waals surface area contributed by atoms with Crippen molar-refractivity contribution in [2.75, 3.05) is 6.54 Å². The first-order valence-corrected chi connectivity index (χ1v) is 18.7. The van der Waals surface area contributed by atoms with Gasteiger partial charge in [-0.1, -0.05) is 88.2 Å². The zero-order valence-electron chi connectivity index (χ0n) is 30.3. The maximum Gasteiger partial charge on any atom is 0.326 e. The Morgan fingerprint density at radius 2 is 1.51 bits per heavy atom. The summed E-state index contributed by atoms with van der Waals surface area (Å²) < 4.78 is 0. The molecule has 0 radical (unpaired) electrons. The summed E-state index contributed by atoms with van der Waals surface area (Å²) in [7, 11) is 0. The summed E-state index contributed by atoms with van der Waals surface area (Å²) in [5.41, 5.74) is 12.5. The van der Waals surface area contributed by atoms with E-state index in [1.165, 1.54) is 11.3 Å². The molecule has 0 aliphatic heterocycles. The highest BCUT2D eigenvalue weighted by Gasteiger charge is 2.34. The number of aliphatic imine (C=N–C) groups is 1. The fraction of sp³-hybridized carbons (Fsp3) is 0.432. The van der Waals surface area contributed by atoms with Crippen LogP contribution >= 0.6 is 22.9 Å². The normalized spacial score (nSPS) is 13.8. The van der Waals surface area contributed by atoms with Crippen molar-refractivity contribution in [1.82, 2.24) is 26.3 Å². The fourth-order valence-electron chi connectivity index (χ4n) is 5.35. The van der Waals surface area contributed by atoms with E-state index in [-0.39, 0.29) is 49.3 Å². The van der Waals surface area contributed by atoms with Crippen LogP contribution in [0.25, 0.3) is 10.6 Å². The van der Waals surface area contributed by atoms with Crippen LogP contribution in [-0.4, -0.2) is 76.4 Å². The number of carbonyl (C=O) groups is 5. The molecule has 14 nitrogen and oxygen atoms in total. The molecule has 1 aromatic heterocycles. The molecule has 2 aromatic carbocycles. The second kappa shape index (κ2) is 20.9. The second-order valence-corrected chi connectivity index (χ2v) is 14.5. The van der Waals surface area contributed by atoms with Gasteiger partial charge in [-0.05, 0) is 48.8 Å². The van der Waals surface area contributed by atoms with Gasteiger partial charge in [-0.3, -0.25) is 24.2 Å². The van der Waals surface area contributed by atoms with Gasteiger partial charge in [0.25, 0.3) is 5.91 Å². The molecule has 0 fully saturated rings. The summed E-state index contributed by atoms with van der Waals surface area (Å²) >= 11 is 7.26. The molecular formula is C37H49ClN8O6S. The molecule has 0 saturated heterocycles. The third kappa shape index (κ3) is 13.8. The Hall–Kier alpha value is -5.02.